The predicted molar refractivity (Wildman–Crippen MR) is 85.7 cm³/mol. The summed E-state index contributed by atoms with van der Waals surface area (Å²) in [6, 6.07) is 5.79. The highest BCUT2D eigenvalue weighted by Crippen LogP contribution is 2.24. The molecular weight excluding hydrogens is 330 g/mol. The van der Waals surface area contributed by atoms with E-state index in [0.717, 1.165) is 23.9 Å². The fourth-order valence-corrected chi connectivity index (χ4v) is 3.61. The average Bonchev–Trinajstić information content (AvgIpc) is 3.18. The molecule has 0 N–H and O–H groups in total. The van der Waals surface area contributed by atoms with E-state index in [4.69, 9.17) is 0 Å². The Morgan fingerprint density at radius 1 is 1.20 bits per heavy atom. The smallest absolute Gasteiger partial charge is 0.329 e. The highest BCUT2D eigenvalue weighted by Gasteiger charge is 2.27. The number of hydrogen-bond donors (Lipinski definition) is 0. The average molecular weight is 348 g/mol. The zero-order valence-corrected chi connectivity index (χ0v) is 13.6. The second-order valence-corrected chi connectivity index (χ2v) is 6.49. The summed E-state index contributed by atoms with van der Waals surface area (Å²) in [4.78, 5) is 26.4. The summed E-state index contributed by atoms with van der Waals surface area (Å²) in [6.45, 7) is 0.0658. The van der Waals surface area contributed by atoms with E-state index >= 15 is 0 Å². The van der Waals surface area contributed by atoms with Gasteiger partial charge in [-0.05, 0) is 42.5 Å². The van der Waals surface area contributed by atoms with Crippen molar-refractivity contribution in [3.8, 4) is 0 Å². The molecule has 0 fully saturated rings. The van der Waals surface area contributed by atoms with Crippen molar-refractivity contribution >= 4 is 5.91 Å². The molecule has 1 aromatic heterocycles. The number of amides is 1. The number of halogens is 2. The predicted octanol–water partition coefficient (Wildman–Crippen LogP) is 1.45. The number of rotatable bonds is 3. The Hall–Kier alpha value is -2.51. The molecule has 1 aliphatic carbocycles. The molecule has 4 rings (SSSR count). The van der Waals surface area contributed by atoms with E-state index in [9.17, 15) is 18.4 Å². The Morgan fingerprint density at radius 3 is 2.80 bits per heavy atom. The Labute approximate surface area is 142 Å². The lowest BCUT2D eigenvalue weighted by Crippen LogP contribution is -2.41. The maximum atomic E-state index is 12.8. The zero-order valence-electron chi connectivity index (χ0n) is 13.6. The van der Waals surface area contributed by atoms with Gasteiger partial charge in [-0.15, -0.1) is 0 Å². The molecule has 1 aliphatic heterocycles. The van der Waals surface area contributed by atoms with Gasteiger partial charge in [0.25, 0.3) is 12.3 Å². The van der Waals surface area contributed by atoms with Crippen LogP contribution in [-0.2, 0) is 32.5 Å². The number of carbonyl (C=O) groups is 1. The molecule has 2 heterocycles. The van der Waals surface area contributed by atoms with Gasteiger partial charge < -0.3 is 4.90 Å². The van der Waals surface area contributed by atoms with Crippen molar-refractivity contribution in [3.05, 3.63) is 51.2 Å². The van der Waals surface area contributed by atoms with Crippen LogP contribution in [0.4, 0.5) is 8.78 Å². The second kappa shape index (κ2) is 6.09. The number of benzene rings is 1. The molecule has 132 valence electrons. The fourth-order valence-electron chi connectivity index (χ4n) is 3.61. The molecule has 8 heteroatoms. The van der Waals surface area contributed by atoms with Crippen molar-refractivity contribution in [1.29, 1.82) is 0 Å². The van der Waals surface area contributed by atoms with Gasteiger partial charge >= 0.3 is 5.69 Å². The highest BCUT2D eigenvalue weighted by atomic mass is 19.3. The number of hydrogen-bond acceptors (Lipinski definition) is 3. The minimum absolute atomic E-state index is 0.114. The largest absolute Gasteiger partial charge is 0.346 e. The Balaban J connectivity index is 1.56. The number of carbonyl (C=O) groups excluding carboxylic acids is 1. The molecule has 0 saturated carbocycles. The van der Waals surface area contributed by atoms with E-state index in [1.807, 2.05) is 18.2 Å². The number of alkyl halides is 2. The zero-order chi connectivity index (χ0) is 17.6. The van der Waals surface area contributed by atoms with Gasteiger partial charge in [-0.3, -0.25) is 9.36 Å². The Bertz CT molecular complexity index is 887. The summed E-state index contributed by atoms with van der Waals surface area (Å²) in [5.74, 6) is 0.239. The van der Waals surface area contributed by atoms with Crippen LogP contribution in [0.1, 0.15) is 33.7 Å². The van der Waals surface area contributed by atoms with Crippen molar-refractivity contribution < 1.29 is 13.6 Å². The molecule has 2 aliphatic rings. The SMILES string of the molecule is O=C(c1ccc2c(c1)CCC2)N1CCn2c(nn(CC(F)F)c2=O)C1. The molecule has 1 aromatic carbocycles. The third-order valence-electron chi connectivity index (χ3n) is 4.87. The highest BCUT2D eigenvalue weighted by molar-refractivity contribution is 5.94. The summed E-state index contributed by atoms with van der Waals surface area (Å²) in [7, 11) is 0. The summed E-state index contributed by atoms with van der Waals surface area (Å²) in [5.41, 5.74) is 2.61. The molecule has 1 amide bonds. The topological polar surface area (TPSA) is 60.1 Å². The second-order valence-electron chi connectivity index (χ2n) is 6.49. The molecule has 25 heavy (non-hydrogen) atoms. The molecule has 2 aromatic rings. The van der Waals surface area contributed by atoms with Crippen molar-refractivity contribution in [2.24, 2.45) is 0 Å². The number of fused-ring (bicyclic) bond motifs is 2. The lowest BCUT2D eigenvalue weighted by Gasteiger charge is -2.26. The summed E-state index contributed by atoms with van der Waals surface area (Å²) in [6.07, 6.45) is 0.527. The van der Waals surface area contributed by atoms with Gasteiger partial charge in [-0.25, -0.2) is 18.3 Å². The number of aromatic nitrogens is 3. The summed E-state index contributed by atoms with van der Waals surface area (Å²) < 4.78 is 27.2. The van der Waals surface area contributed by atoms with E-state index in [0.29, 0.717) is 17.9 Å². The molecular formula is C17H18F2N4O2. The first-order valence-electron chi connectivity index (χ1n) is 8.38. The van der Waals surface area contributed by atoms with Crippen LogP contribution in [0.2, 0.25) is 0 Å². The molecule has 0 bridgehead atoms. The lowest BCUT2D eigenvalue weighted by molar-refractivity contribution is 0.0706. The first kappa shape index (κ1) is 16.0. The van der Waals surface area contributed by atoms with Crippen molar-refractivity contribution in [2.75, 3.05) is 6.54 Å². The molecule has 0 spiro atoms. The van der Waals surface area contributed by atoms with Gasteiger partial charge in [0.15, 0.2) is 5.82 Å². The van der Waals surface area contributed by atoms with Crippen LogP contribution in [0.3, 0.4) is 0 Å². The third-order valence-corrected chi connectivity index (χ3v) is 4.87. The van der Waals surface area contributed by atoms with Gasteiger partial charge in [0, 0.05) is 18.7 Å². The van der Waals surface area contributed by atoms with Gasteiger partial charge in [0.2, 0.25) is 0 Å². The Kier molecular flexibility index (Phi) is 3.89. The molecule has 0 saturated heterocycles. The van der Waals surface area contributed by atoms with E-state index in [2.05, 4.69) is 5.10 Å². The minimum atomic E-state index is -2.64. The first-order chi connectivity index (χ1) is 12.0. The van der Waals surface area contributed by atoms with Crippen LogP contribution in [0.25, 0.3) is 0 Å². The van der Waals surface area contributed by atoms with Crippen LogP contribution in [0, 0.1) is 0 Å². The van der Waals surface area contributed by atoms with Crippen LogP contribution >= 0.6 is 0 Å². The molecule has 0 radical (unpaired) electrons. The van der Waals surface area contributed by atoms with E-state index < -0.39 is 18.7 Å². The van der Waals surface area contributed by atoms with Gasteiger partial charge in [-0.2, -0.15) is 5.10 Å². The Morgan fingerprint density at radius 2 is 2.00 bits per heavy atom. The third kappa shape index (κ3) is 2.85. The quantitative estimate of drug-likeness (QED) is 0.844. The maximum absolute atomic E-state index is 12.8. The standard InChI is InChI=1S/C17H18F2N4O2/c18-14(19)9-23-17(25)22-7-6-21(10-15(22)20-23)16(24)13-5-4-11-2-1-3-12(11)8-13/h4-5,8,14H,1-3,6-7,9-10H2. The molecule has 6 nitrogen and oxygen atoms in total. The lowest BCUT2D eigenvalue weighted by atomic mass is 10.1. The van der Waals surface area contributed by atoms with E-state index in [1.54, 1.807) is 4.90 Å². The number of aryl methyl sites for hydroxylation is 2. The molecule has 0 unspecified atom stereocenters. The van der Waals surface area contributed by atoms with E-state index in [-0.39, 0.29) is 19.0 Å². The van der Waals surface area contributed by atoms with Crippen molar-refractivity contribution in [1.82, 2.24) is 19.2 Å². The summed E-state index contributed by atoms with van der Waals surface area (Å²) >= 11 is 0. The minimum Gasteiger partial charge on any atom is -0.329 e. The summed E-state index contributed by atoms with van der Waals surface area (Å²) in [5, 5.41) is 3.97. The fraction of sp³-hybridized carbons (Fsp3) is 0.471. The monoisotopic (exact) mass is 348 g/mol. The molecule has 0 atom stereocenters. The van der Waals surface area contributed by atoms with Crippen molar-refractivity contribution in [2.45, 2.75) is 45.3 Å². The van der Waals surface area contributed by atoms with Crippen molar-refractivity contribution in [3.63, 3.8) is 0 Å². The first-order valence-corrected chi connectivity index (χ1v) is 8.38. The maximum Gasteiger partial charge on any atom is 0.346 e. The normalized spacial score (nSPS) is 16.2. The van der Waals surface area contributed by atoms with Crippen LogP contribution in [0.15, 0.2) is 23.0 Å². The van der Waals surface area contributed by atoms with Crippen LogP contribution in [-0.4, -0.2) is 38.1 Å². The van der Waals surface area contributed by atoms with Crippen LogP contribution < -0.4 is 5.69 Å². The van der Waals surface area contributed by atoms with Gasteiger partial charge in [-0.1, -0.05) is 6.07 Å². The van der Waals surface area contributed by atoms with Crippen LogP contribution in [0.5, 0.6) is 0 Å². The van der Waals surface area contributed by atoms with Gasteiger partial charge in [0.05, 0.1) is 6.54 Å². The van der Waals surface area contributed by atoms with Gasteiger partial charge in [0.1, 0.15) is 6.54 Å². The van der Waals surface area contributed by atoms with E-state index in [1.165, 1.54) is 15.7 Å². The number of nitrogens with zero attached hydrogens (tertiary/aromatic N) is 4.